The maximum Gasteiger partial charge on any atom is 0.108 e. The summed E-state index contributed by atoms with van der Waals surface area (Å²) in [6.07, 6.45) is 0. The standard InChI is InChI=1S/C46H36N2S/c1-45(2)37-15-9-8-14-33(37)34-21-20-32(28-39(34)45)47-42-17-11-10-16-38(42)46(3,4)40-27-30(19-23-43(40)47)29-18-22-41-36(26-29)35-24-25-49-44(35)48(41)31-12-6-5-7-13-31/h5-28H,1-4H3. The number of fused-ring (bicyclic) bond motifs is 8. The van der Waals surface area contributed by atoms with Gasteiger partial charge in [0.15, 0.2) is 0 Å². The predicted molar refractivity (Wildman–Crippen MR) is 208 cm³/mol. The van der Waals surface area contributed by atoms with Crippen LogP contribution in [0.15, 0.2) is 145 Å². The molecule has 0 spiro atoms. The van der Waals surface area contributed by atoms with Gasteiger partial charge in [-0.15, -0.1) is 11.3 Å². The summed E-state index contributed by atoms with van der Waals surface area (Å²) in [7, 11) is 0. The lowest BCUT2D eigenvalue weighted by molar-refractivity contribution is 0.632. The first-order chi connectivity index (χ1) is 23.8. The molecule has 0 saturated heterocycles. The summed E-state index contributed by atoms with van der Waals surface area (Å²) in [6.45, 7) is 9.49. The maximum atomic E-state index is 2.50. The van der Waals surface area contributed by atoms with Crippen molar-refractivity contribution in [1.82, 2.24) is 4.57 Å². The normalized spacial score (nSPS) is 15.2. The molecule has 0 amide bonds. The number of hydrogen-bond donors (Lipinski definition) is 0. The fourth-order valence-electron chi connectivity index (χ4n) is 8.74. The van der Waals surface area contributed by atoms with Crippen molar-refractivity contribution >= 4 is 49.5 Å². The third-order valence-electron chi connectivity index (χ3n) is 11.3. The Bertz CT molecular complexity index is 2620. The summed E-state index contributed by atoms with van der Waals surface area (Å²) in [5.41, 5.74) is 16.6. The number of aromatic nitrogens is 1. The highest BCUT2D eigenvalue weighted by Crippen LogP contribution is 2.55. The SMILES string of the molecule is CC1(C)c2ccccc2-c2ccc(N3c4ccccc4C(C)(C)c4cc(-c5ccc6c(c5)c5ccsc5n6-c5ccccc5)ccc43)cc21. The Balaban J connectivity index is 1.14. The molecule has 0 radical (unpaired) electrons. The number of rotatable bonds is 3. The Morgan fingerprint density at radius 3 is 2.00 bits per heavy atom. The molecule has 0 unspecified atom stereocenters. The summed E-state index contributed by atoms with van der Waals surface area (Å²) in [5, 5.41) is 4.82. The van der Waals surface area contributed by atoms with Crippen LogP contribution in [-0.4, -0.2) is 4.57 Å². The zero-order valence-corrected chi connectivity index (χ0v) is 29.0. The van der Waals surface area contributed by atoms with Gasteiger partial charge in [-0.25, -0.2) is 0 Å². The van der Waals surface area contributed by atoms with Crippen LogP contribution in [0.4, 0.5) is 17.1 Å². The molecule has 49 heavy (non-hydrogen) atoms. The van der Waals surface area contributed by atoms with E-state index in [1.807, 2.05) is 11.3 Å². The van der Waals surface area contributed by atoms with E-state index in [0.29, 0.717) is 0 Å². The van der Waals surface area contributed by atoms with Crippen LogP contribution >= 0.6 is 11.3 Å². The van der Waals surface area contributed by atoms with Crippen LogP contribution in [-0.2, 0) is 10.8 Å². The highest BCUT2D eigenvalue weighted by Gasteiger charge is 2.39. The van der Waals surface area contributed by atoms with Crippen molar-refractivity contribution in [1.29, 1.82) is 0 Å². The van der Waals surface area contributed by atoms with E-state index >= 15 is 0 Å². The molecule has 8 aromatic rings. The molecule has 1 aliphatic heterocycles. The van der Waals surface area contributed by atoms with Crippen LogP contribution in [0.25, 0.3) is 49.1 Å². The number of benzene rings is 6. The fourth-order valence-corrected chi connectivity index (χ4v) is 9.69. The molecule has 0 bridgehead atoms. The molecule has 0 atom stereocenters. The minimum absolute atomic E-state index is 0.0603. The Labute approximate surface area is 291 Å². The smallest absolute Gasteiger partial charge is 0.108 e. The van der Waals surface area contributed by atoms with Gasteiger partial charge >= 0.3 is 0 Å². The van der Waals surface area contributed by atoms with E-state index in [2.05, 4.69) is 182 Å². The van der Waals surface area contributed by atoms with Crippen LogP contribution in [0.5, 0.6) is 0 Å². The van der Waals surface area contributed by atoms with Gasteiger partial charge in [0.05, 0.1) is 16.9 Å². The van der Waals surface area contributed by atoms with Crippen molar-refractivity contribution < 1.29 is 0 Å². The molecule has 2 aromatic heterocycles. The largest absolute Gasteiger partial charge is 0.310 e. The van der Waals surface area contributed by atoms with Gasteiger partial charge in [0.2, 0.25) is 0 Å². The third kappa shape index (κ3) is 3.94. The molecule has 0 N–H and O–H groups in total. The lowest BCUT2D eigenvalue weighted by atomic mass is 9.72. The van der Waals surface area contributed by atoms with Crippen molar-refractivity contribution in [2.24, 2.45) is 0 Å². The number of para-hydroxylation sites is 2. The van der Waals surface area contributed by atoms with E-state index in [4.69, 9.17) is 0 Å². The number of thiophene rings is 1. The second kappa shape index (κ2) is 10.1. The Morgan fingerprint density at radius 2 is 1.14 bits per heavy atom. The zero-order chi connectivity index (χ0) is 33.1. The zero-order valence-electron chi connectivity index (χ0n) is 28.2. The summed E-state index contributed by atoms with van der Waals surface area (Å²) < 4.78 is 2.40. The van der Waals surface area contributed by atoms with Gasteiger partial charge in [-0.05, 0) is 111 Å². The summed E-state index contributed by atoms with van der Waals surface area (Å²) in [6, 6.07) is 52.1. The highest BCUT2D eigenvalue weighted by atomic mass is 32.1. The van der Waals surface area contributed by atoms with E-state index < -0.39 is 0 Å². The molecule has 6 aromatic carbocycles. The van der Waals surface area contributed by atoms with Crippen molar-refractivity contribution in [3.8, 4) is 27.9 Å². The van der Waals surface area contributed by atoms with Gasteiger partial charge in [-0.2, -0.15) is 0 Å². The average Bonchev–Trinajstić information content (AvgIpc) is 3.79. The molecule has 2 aliphatic rings. The van der Waals surface area contributed by atoms with Gasteiger partial charge in [-0.1, -0.05) is 107 Å². The first-order valence-electron chi connectivity index (χ1n) is 17.2. The molecule has 3 heteroatoms. The number of nitrogens with zero attached hydrogens (tertiary/aromatic N) is 2. The van der Waals surface area contributed by atoms with E-state index in [1.165, 1.54) is 88.4 Å². The Kier molecular flexibility index (Phi) is 5.88. The topological polar surface area (TPSA) is 8.17 Å². The molecule has 3 heterocycles. The third-order valence-corrected chi connectivity index (χ3v) is 12.2. The van der Waals surface area contributed by atoms with Crippen LogP contribution in [0.2, 0.25) is 0 Å². The quantitative estimate of drug-likeness (QED) is 0.185. The summed E-state index contributed by atoms with van der Waals surface area (Å²) in [4.78, 5) is 3.79. The number of anilines is 3. The molecule has 2 nitrogen and oxygen atoms in total. The molecular weight excluding hydrogens is 613 g/mol. The van der Waals surface area contributed by atoms with Crippen molar-refractivity contribution in [2.45, 2.75) is 38.5 Å². The van der Waals surface area contributed by atoms with Crippen LogP contribution in [0.1, 0.15) is 49.9 Å². The predicted octanol–water partition coefficient (Wildman–Crippen LogP) is 12.9. The minimum Gasteiger partial charge on any atom is -0.310 e. The molecule has 236 valence electrons. The maximum absolute atomic E-state index is 2.50. The molecular formula is C46H36N2S. The van der Waals surface area contributed by atoms with E-state index in [-0.39, 0.29) is 10.8 Å². The van der Waals surface area contributed by atoms with Crippen molar-refractivity contribution in [2.75, 3.05) is 4.90 Å². The number of hydrogen-bond acceptors (Lipinski definition) is 2. The van der Waals surface area contributed by atoms with E-state index in [0.717, 1.165) is 0 Å². The molecule has 0 saturated carbocycles. The second-order valence-electron chi connectivity index (χ2n) is 14.7. The van der Waals surface area contributed by atoms with Gasteiger partial charge in [0.1, 0.15) is 4.83 Å². The summed E-state index contributed by atoms with van der Waals surface area (Å²) in [5.74, 6) is 0. The van der Waals surface area contributed by atoms with Gasteiger partial charge < -0.3 is 9.47 Å². The second-order valence-corrected chi connectivity index (χ2v) is 15.5. The van der Waals surface area contributed by atoms with Gasteiger partial charge in [0, 0.05) is 33.0 Å². The van der Waals surface area contributed by atoms with Crippen molar-refractivity contribution in [3.05, 3.63) is 167 Å². The minimum atomic E-state index is -0.175. The van der Waals surface area contributed by atoms with Gasteiger partial charge in [-0.3, -0.25) is 0 Å². The van der Waals surface area contributed by atoms with Crippen LogP contribution in [0.3, 0.4) is 0 Å². The highest BCUT2D eigenvalue weighted by molar-refractivity contribution is 7.17. The lowest BCUT2D eigenvalue weighted by Crippen LogP contribution is -2.30. The van der Waals surface area contributed by atoms with Crippen LogP contribution in [0, 0.1) is 0 Å². The van der Waals surface area contributed by atoms with E-state index in [9.17, 15) is 0 Å². The van der Waals surface area contributed by atoms with Gasteiger partial charge in [0.25, 0.3) is 0 Å². The molecule has 0 fully saturated rings. The first kappa shape index (κ1) is 28.6. The fraction of sp³-hybridized carbons (Fsp3) is 0.130. The average molecular weight is 649 g/mol. The Morgan fingerprint density at radius 1 is 0.469 bits per heavy atom. The monoisotopic (exact) mass is 648 g/mol. The molecule has 1 aliphatic carbocycles. The van der Waals surface area contributed by atoms with E-state index in [1.54, 1.807) is 0 Å². The summed E-state index contributed by atoms with van der Waals surface area (Å²) >= 11 is 1.81. The van der Waals surface area contributed by atoms with Crippen LogP contribution < -0.4 is 4.90 Å². The first-order valence-corrected chi connectivity index (χ1v) is 18.1. The van der Waals surface area contributed by atoms with Crippen molar-refractivity contribution in [3.63, 3.8) is 0 Å². The Hall–Kier alpha value is -5.38. The lowest BCUT2D eigenvalue weighted by Gasteiger charge is -2.42. The molecule has 10 rings (SSSR count).